The SMILES string of the molecule is Cn1cnc2c1c(=O)n(CCCCC(O)C(F)(F)F)c(=O)n2C. The second-order valence-corrected chi connectivity index (χ2v) is 5.38. The first-order valence-corrected chi connectivity index (χ1v) is 7.00. The number of hydrogen-bond donors (Lipinski definition) is 1. The van der Waals surface area contributed by atoms with Gasteiger partial charge in [0, 0.05) is 20.6 Å². The Labute approximate surface area is 128 Å². The van der Waals surface area contributed by atoms with Gasteiger partial charge in [-0.2, -0.15) is 13.2 Å². The zero-order valence-electron chi connectivity index (χ0n) is 12.7. The molecule has 7 nitrogen and oxygen atoms in total. The molecule has 0 spiro atoms. The van der Waals surface area contributed by atoms with E-state index >= 15 is 0 Å². The van der Waals surface area contributed by atoms with Gasteiger partial charge in [-0.3, -0.25) is 13.9 Å². The molecule has 0 saturated carbocycles. The van der Waals surface area contributed by atoms with Crippen LogP contribution in [-0.4, -0.2) is 36.1 Å². The molecule has 0 fully saturated rings. The largest absolute Gasteiger partial charge is 0.414 e. The van der Waals surface area contributed by atoms with Gasteiger partial charge < -0.3 is 9.67 Å². The molecule has 0 aromatic carbocycles. The lowest BCUT2D eigenvalue weighted by molar-refractivity contribution is -0.205. The summed E-state index contributed by atoms with van der Waals surface area (Å²) in [7, 11) is 3.09. The van der Waals surface area contributed by atoms with Gasteiger partial charge in [0.05, 0.1) is 6.33 Å². The average molecular weight is 334 g/mol. The minimum Gasteiger partial charge on any atom is -0.384 e. The van der Waals surface area contributed by atoms with Crippen LogP contribution in [0.1, 0.15) is 19.3 Å². The molecular formula is C13H17F3N4O3. The summed E-state index contributed by atoms with van der Waals surface area (Å²) in [5.41, 5.74) is -0.592. The highest BCUT2D eigenvalue weighted by molar-refractivity contribution is 5.69. The predicted octanol–water partition coefficient (Wildman–Crippen LogP) is 0.527. The number of rotatable bonds is 5. The number of nitrogens with zero attached hydrogens (tertiary/aromatic N) is 4. The third-order valence-electron chi connectivity index (χ3n) is 3.69. The summed E-state index contributed by atoms with van der Waals surface area (Å²) in [6.45, 7) is -0.0167. The van der Waals surface area contributed by atoms with Gasteiger partial charge in [0.15, 0.2) is 11.2 Å². The molecule has 128 valence electrons. The predicted molar refractivity (Wildman–Crippen MR) is 76.1 cm³/mol. The number of alkyl halides is 3. The number of aliphatic hydroxyl groups excluding tert-OH is 1. The van der Waals surface area contributed by atoms with Crippen LogP contribution in [0.15, 0.2) is 15.9 Å². The van der Waals surface area contributed by atoms with Crippen LogP contribution >= 0.6 is 0 Å². The van der Waals surface area contributed by atoms with Crippen molar-refractivity contribution < 1.29 is 18.3 Å². The van der Waals surface area contributed by atoms with Gasteiger partial charge in [-0.1, -0.05) is 0 Å². The van der Waals surface area contributed by atoms with Crippen molar-refractivity contribution in [3.8, 4) is 0 Å². The van der Waals surface area contributed by atoms with E-state index in [-0.39, 0.29) is 30.6 Å². The van der Waals surface area contributed by atoms with Crippen molar-refractivity contribution in [2.75, 3.05) is 0 Å². The quantitative estimate of drug-likeness (QED) is 0.809. The van der Waals surface area contributed by atoms with Crippen LogP contribution in [0.5, 0.6) is 0 Å². The summed E-state index contributed by atoms with van der Waals surface area (Å²) >= 11 is 0. The lowest BCUT2D eigenvalue weighted by Crippen LogP contribution is -2.39. The molecule has 23 heavy (non-hydrogen) atoms. The molecule has 0 aliphatic heterocycles. The van der Waals surface area contributed by atoms with Crippen molar-refractivity contribution in [2.24, 2.45) is 14.1 Å². The molecule has 1 atom stereocenters. The van der Waals surface area contributed by atoms with E-state index < -0.39 is 30.0 Å². The Bertz CT molecular complexity index is 819. The van der Waals surface area contributed by atoms with E-state index in [1.807, 2.05) is 0 Å². The molecule has 0 saturated heterocycles. The molecule has 2 aromatic rings. The molecule has 0 radical (unpaired) electrons. The maximum absolute atomic E-state index is 12.3. The van der Waals surface area contributed by atoms with Gasteiger partial charge in [-0.05, 0) is 19.3 Å². The summed E-state index contributed by atoms with van der Waals surface area (Å²) in [6.07, 6.45) is -5.88. The highest BCUT2D eigenvalue weighted by Gasteiger charge is 2.37. The Morgan fingerprint density at radius 3 is 2.52 bits per heavy atom. The van der Waals surface area contributed by atoms with Gasteiger partial charge >= 0.3 is 11.9 Å². The third kappa shape index (κ3) is 3.31. The Balaban J connectivity index is 2.17. The normalized spacial score (nSPS) is 13.7. The summed E-state index contributed by atoms with van der Waals surface area (Å²) in [6, 6.07) is 0. The first-order valence-electron chi connectivity index (χ1n) is 7.00. The molecule has 0 aliphatic rings. The summed E-state index contributed by atoms with van der Waals surface area (Å²) in [4.78, 5) is 28.5. The molecule has 0 amide bonds. The molecule has 1 N–H and O–H groups in total. The van der Waals surface area contributed by atoms with E-state index in [0.717, 1.165) is 4.57 Å². The third-order valence-corrected chi connectivity index (χ3v) is 3.69. The van der Waals surface area contributed by atoms with Crippen molar-refractivity contribution in [3.63, 3.8) is 0 Å². The molecule has 10 heteroatoms. The summed E-state index contributed by atoms with van der Waals surface area (Å²) < 4.78 is 40.3. The van der Waals surface area contributed by atoms with Gasteiger partial charge in [-0.15, -0.1) is 0 Å². The zero-order valence-corrected chi connectivity index (χ0v) is 12.7. The highest BCUT2D eigenvalue weighted by Crippen LogP contribution is 2.23. The lowest BCUT2D eigenvalue weighted by Gasteiger charge is -2.14. The second kappa shape index (κ2) is 6.19. The monoisotopic (exact) mass is 334 g/mol. The van der Waals surface area contributed by atoms with E-state index in [9.17, 15) is 22.8 Å². The van der Waals surface area contributed by atoms with Crippen LogP contribution in [0.25, 0.3) is 11.2 Å². The standard InChI is InChI=1S/C13H17F3N4O3/c1-18-7-17-10-9(18)11(22)20(12(23)19(10)2)6-4-3-5-8(21)13(14,15)16/h7-8,21H,3-6H2,1-2H3. The van der Waals surface area contributed by atoms with Crippen LogP contribution in [0.4, 0.5) is 13.2 Å². The van der Waals surface area contributed by atoms with Gasteiger partial charge in [-0.25, -0.2) is 9.78 Å². The van der Waals surface area contributed by atoms with E-state index in [4.69, 9.17) is 5.11 Å². The number of fused-ring (bicyclic) bond motifs is 1. The van der Waals surface area contributed by atoms with Crippen LogP contribution in [0.3, 0.4) is 0 Å². The minimum absolute atomic E-state index is 0.0167. The highest BCUT2D eigenvalue weighted by atomic mass is 19.4. The van der Waals surface area contributed by atoms with Crippen molar-refractivity contribution >= 4 is 11.2 Å². The number of unbranched alkanes of at least 4 members (excludes halogenated alkanes) is 1. The van der Waals surface area contributed by atoms with Gasteiger partial charge in [0.1, 0.15) is 6.10 Å². The summed E-state index contributed by atoms with van der Waals surface area (Å²) in [5.74, 6) is 0. The zero-order chi connectivity index (χ0) is 17.4. The van der Waals surface area contributed by atoms with Crippen molar-refractivity contribution in [1.29, 1.82) is 0 Å². The smallest absolute Gasteiger partial charge is 0.384 e. The Morgan fingerprint density at radius 1 is 1.26 bits per heavy atom. The molecule has 0 bridgehead atoms. The van der Waals surface area contributed by atoms with Crippen molar-refractivity contribution in [2.45, 2.75) is 38.1 Å². The minimum atomic E-state index is -4.65. The maximum atomic E-state index is 12.3. The number of aromatic nitrogens is 4. The molecule has 0 aliphatic carbocycles. The molecular weight excluding hydrogens is 317 g/mol. The van der Waals surface area contributed by atoms with E-state index in [2.05, 4.69) is 4.98 Å². The fourth-order valence-electron chi connectivity index (χ4n) is 2.36. The summed E-state index contributed by atoms with van der Waals surface area (Å²) in [5, 5.41) is 8.92. The fourth-order valence-corrected chi connectivity index (χ4v) is 2.36. The van der Waals surface area contributed by atoms with E-state index in [0.29, 0.717) is 0 Å². The fraction of sp³-hybridized carbons (Fsp3) is 0.615. The number of halogens is 3. The topological polar surface area (TPSA) is 82.1 Å². The molecule has 2 rings (SSSR count). The van der Waals surface area contributed by atoms with Gasteiger partial charge in [0.2, 0.25) is 0 Å². The van der Waals surface area contributed by atoms with E-state index in [1.54, 1.807) is 7.05 Å². The van der Waals surface area contributed by atoms with E-state index in [1.165, 1.54) is 22.5 Å². The van der Waals surface area contributed by atoms with Crippen LogP contribution in [0, 0.1) is 0 Å². The average Bonchev–Trinajstić information content (AvgIpc) is 2.85. The first-order chi connectivity index (χ1) is 10.6. The van der Waals surface area contributed by atoms with Crippen LogP contribution < -0.4 is 11.2 Å². The number of aliphatic hydroxyl groups is 1. The maximum Gasteiger partial charge on any atom is 0.414 e. The van der Waals surface area contributed by atoms with Crippen molar-refractivity contribution in [3.05, 3.63) is 27.2 Å². The molecule has 2 aromatic heterocycles. The van der Waals surface area contributed by atoms with Crippen molar-refractivity contribution in [1.82, 2.24) is 18.7 Å². The van der Waals surface area contributed by atoms with Gasteiger partial charge in [0.25, 0.3) is 5.56 Å². The van der Waals surface area contributed by atoms with Crippen LogP contribution in [0.2, 0.25) is 0 Å². The number of aryl methyl sites for hydroxylation is 2. The Kier molecular flexibility index (Phi) is 4.64. The molecule has 2 heterocycles. The number of hydrogen-bond acceptors (Lipinski definition) is 4. The number of imidazole rings is 1. The van der Waals surface area contributed by atoms with Crippen LogP contribution in [-0.2, 0) is 20.6 Å². The Morgan fingerprint density at radius 2 is 1.91 bits per heavy atom. The first kappa shape index (κ1) is 17.3. The second-order valence-electron chi connectivity index (χ2n) is 5.38. The Hall–Kier alpha value is -2.10. The lowest BCUT2D eigenvalue weighted by atomic mass is 10.1. The molecule has 1 unspecified atom stereocenters.